The highest BCUT2D eigenvalue weighted by Crippen LogP contribution is 2.62. The van der Waals surface area contributed by atoms with Gasteiger partial charge >= 0.3 is 5.97 Å². The molecule has 1 aromatic rings. The van der Waals surface area contributed by atoms with Crippen molar-refractivity contribution >= 4 is 17.8 Å². The van der Waals surface area contributed by atoms with Gasteiger partial charge in [0.05, 0.1) is 62.2 Å². The van der Waals surface area contributed by atoms with Gasteiger partial charge in [0, 0.05) is 13.0 Å². The second-order valence-electron chi connectivity index (χ2n) is 8.13. The molecule has 2 saturated heterocycles. The minimum atomic E-state index is -0.624. The van der Waals surface area contributed by atoms with Crippen LogP contribution in [0.3, 0.4) is 0 Å². The third kappa shape index (κ3) is 4.35. The van der Waals surface area contributed by atoms with Gasteiger partial charge < -0.3 is 19.3 Å². The highest BCUT2D eigenvalue weighted by atomic mass is 16.6. The molecule has 0 saturated carbocycles. The minimum absolute atomic E-state index is 0.0449. The Kier molecular flexibility index (Phi) is 7.31. The Bertz CT molecular complexity index is 860. The average Bonchev–Trinajstić information content (AvgIpc) is 3.41. The molecule has 2 amide bonds. The van der Waals surface area contributed by atoms with Gasteiger partial charge in [-0.3, -0.25) is 19.3 Å². The maximum Gasteiger partial charge on any atom is 0.305 e. The van der Waals surface area contributed by atoms with Crippen LogP contribution in [0.2, 0.25) is 0 Å². The molecule has 3 heterocycles. The number of hydrogen-bond acceptors (Lipinski definition) is 9. The summed E-state index contributed by atoms with van der Waals surface area (Å²) >= 11 is 0. The zero-order valence-corrected chi connectivity index (χ0v) is 18.1. The van der Waals surface area contributed by atoms with Gasteiger partial charge in [0.15, 0.2) is 0 Å². The van der Waals surface area contributed by atoms with Crippen LogP contribution in [-0.2, 0) is 28.6 Å². The number of nitrogens with zero attached hydrogens (tertiary/aromatic N) is 3. The summed E-state index contributed by atoms with van der Waals surface area (Å²) in [6.45, 7) is 1.34. The van der Waals surface area contributed by atoms with E-state index >= 15 is 0 Å². The smallest absolute Gasteiger partial charge is 0.305 e. The molecule has 11 heteroatoms. The number of imide groups is 1. The average molecular weight is 461 g/mol. The lowest BCUT2D eigenvalue weighted by molar-refractivity contribution is -0.147. The number of hydrogen-bond donors (Lipinski definition) is 1. The van der Waals surface area contributed by atoms with Crippen LogP contribution in [-0.4, -0.2) is 79.0 Å². The fourth-order valence-corrected chi connectivity index (χ4v) is 5.04. The summed E-state index contributed by atoms with van der Waals surface area (Å²) in [4.78, 5) is 50.7. The molecule has 4 atom stereocenters. The zero-order valence-electron chi connectivity index (χ0n) is 18.1. The predicted molar refractivity (Wildman–Crippen MR) is 112 cm³/mol. The molecule has 3 aliphatic rings. The molecule has 3 aliphatic heterocycles. The Morgan fingerprint density at radius 1 is 0.939 bits per heavy atom. The van der Waals surface area contributed by atoms with Gasteiger partial charge in [-0.1, -0.05) is 24.3 Å². The molecular formula is C22H27N3O8. The first-order valence-corrected chi connectivity index (χ1v) is 11.1. The predicted octanol–water partition coefficient (Wildman–Crippen LogP) is 0.730. The van der Waals surface area contributed by atoms with Gasteiger partial charge in [0.25, 0.3) is 0 Å². The van der Waals surface area contributed by atoms with E-state index in [1.807, 2.05) is 24.3 Å². The van der Waals surface area contributed by atoms with E-state index in [2.05, 4.69) is 5.29 Å². The standard InChI is InChI=1S/C22H27N3O8/c26-8-9-31-10-11-32-12-13-33-16(27)6-3-7-24-21(28)17-18(22(24)29)20-15-5-2-1-4-14(15)19(17)25(20)23-30/h1-2,4-5,17-20,26H,3,6-13H2/t17-,18+,19-,20+. The van der Waals surface area contributed by atoms with Crippen molar-refractivity contribution in [3.8, 4) is 0 Å². The van der Waals surface area contributed by atoms with Gasteiger partial charge in [0.2, 0.25) is 11.8 Å². The molecular weight excluding hydrogens is 434 g/mol. The number of rotatable bonds is 13. The fourth-order valence-electron chi connectivity index (χ4n) is 5.04. The summed E-state index contributed by atoms with van der Waals surface area (Å²) in [5.41, 5.74) is 1.74. The van der Waals surface area contributed by atoms with Crippen LogP contribution in [0.1, 0.15) is 36.1 Å². The number of amides is 2. The highest BCUT2D eigenvalue weighted by molar-refractivity contribution is 6.07. The Morgan fingerprint density at radius 2 is 1.52 bits per heavy atom. The maximum absolute atomic E-state index is 13.1. The van der Waals surface area contributed by atoms with E-state index in [-0.39, 0.29) is 51.2 Å². The van der Waals surface area contributed by atoms with Crippen LogP contribution in [0, 0.1) is 16.7 Å². The molecule has 33 heavy (non-hydrogen) atoms. The van der Waals surface area contributed by atoms with E-state index < -0.39 is 29.9 Å². The van der Waals surface area contributed by atoms with Gasteiger partial charge in [-0.25, -0.2) is 5.01 Å². The molecule has 0 spiro atoms. The van der Waals surface area contributed by atoms with Crippen molar-refractivity contribution in [3.05, 3.63) is 40.3 Å². The van der Waals surface area contributed by atoms with Crippen molar-refractivity contribution in [2.45, 2.75) is 24.9 Å². The largest absolute Gasteiger partial charge is 0.463 e. The van der Waals surface area contributed by atoms with Crippen molar-refractivity contribution in [2.24, 2.45) is 17.1 Å². The molecule has 2 bridgehead atoms. The fraction of sp³-hybridized carbons (Fsp3) is 0.591. The van der Waals surface area contributed by atoms with E-state index in [0.717, 1.165) is 11.1 Å². The third-order valence-electron chi connectivity index (χ3n) is 6.33. The number of benzene rings is 1. The first-order chi connectivity index (χ1) is 16.1. The van der Waals surface area contributed by atoms with Crippen LogP contribution in [0.5, 0.6) is 0 Å². The second-order valence-corrected chi connectivity index (χ2v) is 8.13. The number of fused-ring (bicyclic) bond motifs is 8. The summed E-state index contributed by atoms with van der Waals surface area (Å²) in [7, 11) is 0. The second kappa shape index (κ2) is 10.4. The summed E-state index contributed by atoms with van der Waals surface area (Å²) in [5.74, 6) is -2.31. The summed E-state index contributed by atoms with van der Waals surface area (Å²) < 4.78 is 15.4. The Hall–Kier alpha value is -2.89. The van der Waals surface area contributed by atoms with Gasteiger partial charge in [0.1, 0.15) is 6.61 Å². The first kappa shape index (κ1) is 23.3. The Balaban J connectivity index is 1.22. The molecule has 11 nitrogen and oxygen atoms in total. The van der Waals surface area contributed by atoms with E-state index in [0.29, 0.717) is 19.6 Å². The molecule has 0 aliphatic carbocycles. The van der Waals surface area contributed by atoms with Crippen molar-refractivity contribution in [1.29, 1.82) is 0 Å². The SMILES string of the molecule is O=NN1[C@@H]2c3ccccc3[C@H]1[C@H]1C(=O)N(CCCC(=O)OCCOCCOCCO)C(=O)[C@H]12. The molecule has 0 aromatic heterocycles. The van der Waals surface area contributed by atoms with Crippen LogP contribution >= 0.6 is 0 Å². The first-order valence-electron chi connectivity index (χ1n) is 11.1. The lowest BCUT2D eigenvalue weighted by Gasteiger charge is -2.21. The number of likely N-dealkylation sites (tertiary alicyclic amines) is 1. The van der Waals surface area contributed by atoms with E-state index in [1.165, 1.54) is 9.91 Å². The number of aliphatic hydroxyl groups excluding tert-OH is 1. The van der Waals surface area contributed by atoms with Gasteiger partial charge in [-0.05, 0) is 17.5 Å². The number of aliphatic hydroxyl groups is 1. The number of nitroso groups, excluding NO2 is 1. The van der Waals surface area contributed by atoms with E-state index in [1.54, 1.807) is 0 Å². The van der Waals surface area contributed by atoms with E-state index in [9.17, 15) is 19.3 Å². The number of carbonyl (C=O) groups is 3. The van der Waals surface area contributed by atoms with Crippen molar-refractivity contribution in [3.63, 3.8) is 0 Å². The van der Waals surface area contributed by atoms with Crippen molar-refractivity contribution in [1.82, 2.24) is 9.91 Å². The maximum atomic E-state index is 13.1. The van der Waals surface area contributed by atoms with Gasteiger partial charge in [-0.2, -0.15) is 0 Å². The van der Waals surface area contributed by atoms with Crippen LogP contribution < -0.4 is 0 Å². The zero-order chi connectivity index (χ0) is 23.4. The molecule has 2 fully saturated rings. The summed E-state index contributed by atoms with van der Waals surface area (Å²) in [6, 6.07) is 6.40. The number of esters is 1. The quantitative estimate of drug-likeness (QED) is 0.195. The molecule has 0 radical (unpaired) electrons. The molecule has 0 unspecified atom stereocenters. The summed E-state index contributed by atoms with van der Waals surface area (Å²) in [6.07, 6.45) is 0.366. The molecule has 1 N–H and O–H groups in total. The lowest BCUT2D eigenvalue weighted by Crippen LogP contribution is -2.35. The third-order valence-corrected chi connectivity index (χ3v) is 6.33. The molecule has 1 aromatic carbocycles. The lowest BCUT2D eigenvalue weighted by atomic mass is 9.77. The van der Waals surface area contributed by atoms with Crippen LogP contribution in [0.15, 0.2) is 29.6 Å². The number of ether oxygens (including phenoxy) is 3. The topological polar surface area (TPSA) is 135 Å². The normalized spacial score (nSPS) is 24.9. The Labute approximate surface area is 190 Å². The van der Waals surface area contributed by atoms with Gasteiger partial charge in [-0.15, -0.1) is 4.91 Å². The van der Waals surface area contributed by atoms with Crippen molar-refractivity contribution in [2.75, 3.05) is 46.2 Å². The van der Waals surface area contributed by atoms with E-state index in [4.69, 9.17) is 19.3 Å². The van der Waals surface area contributed by atoms with Crippen LogP contribution in [0.25, 0.3) is 0 Å². The Morgan fingerprint density at radius 3 is 2.09 bits per heavy atom. The monoisotopic (exact) mass is 461 g/mol. The van der Waals surface area contributed by atoms with Crippen molar-refractivity contribution < 1.29 is 33.7 Å². The number of carbonyl (C=O) groups excluding carboxylic acids is 3. The molecule has 178 valence electrons. The summed E-state index contributed by atoms with van der Waals surface area (Å²) in [5, 5.41) is 13.1. The van der Waals surface area contributed by atoms with Crippen LogP contribution in [0.4, 0.5) is 0 Å². The highest BCUT2D eigenvalue weighted by Gasteiger charge is 2.67. The minimum Gasteiger partial charge on any atom is -0.463 e. The molecule has 4 rings (SSSR count).